The first-order chi connectivity index (χ1) is 13.0. The predicted molar refractivity (Wildman–Crippen MR) is 101 cm³/mol. The van der Waals surface area contributed by atoms with Gasteiger partial charge in [0.1, 0.15) is 6.04 Å². The molecule has 2 aromatic rings. The Bertz CT molecular complexity index is 783. The standard InChI is InChI=1S/C20H26N4O3/c1-13(2)14-6-8-15(9-7-14)19-23-18(27-24-19)11-10-17(25)22-16-5-3-4-12-21-20(16)26/h6-9,13,16H,3-5,10-12H2,1-2H3,(H,21,26)(H,22,25)/t16-/m1/s1. The van der Waals surface area contributed by atoms with Crippen LogP contribution in [-0.2, 0) is 16.0 Å². The van der Waals surface area contributed by atoms with E-state index in [1.807, 2.05) is 12.1 Å². The monoisotopic (exact) mass is 370 g/mol. The molecule has 1 aliphatic rings. The maximum absolute atomic E-state index is 12.1. The molecule has 7 heteroatoms. The molecule has 0 aliphatic carbocycles. The van der Waals surface area contributed by atoms with Crippen molar-refractivity contribution >= 4 is 11.8 Å². The number of nitrogens with one attached hydrogen (secondary N) is 2. The molecule has 0 saturated carbocycles. The second kappa shape index (κ2) is 8.79. The molecule has 1 saturated heterocycles. The molecule has 144 valence electrons. The summed E-state index contributed by atoms with van der Waals surface area (Å²) in [4.78, 5) is 28.4. The van der Waals surface area contributed by atoms with Gasteiger partial charge in [0, 0.05) is 24.9 Å². The summed E-state index contributed by atoms with van der Waals surface area (Å²) in [6.45, 7) is 4.96. The van der Waals surface area contributed by atoms with Crippen LogP contribution < -0.4 is 10.6 Å². The third-order valence-corrected chi connectivity index (χ3v) is 4.74. The summed E-state index contributed by atoms with van der Waals surface area (Å²) in [6, 6.07) is 7.61. The van der Waals surface area contributed by atoms with Gasteiger partial charge < -0.3 is 15.2 Å². The van der Waals surface area contributed by atoms with E-state index in [1.165, 1.54) is 5.56 Å². The van der Waals surface area contributed by atoms with Crippen molar-refractivity contribution in [3.63, 3.8) is 0 Å². The fourth-order valence-electron chi connectivity index (χ4n) is 3.05. The number of rotatable bonds is 6. The van der Waals surface area contributed by atoms with Crippen molar-refractivity contribution in [2.45, 2.75) is 57.9 Å². The van der Waals surface area contributed by atoms with Crippen molar-refractivity contribution < 1.29 is 14.1 Å². The maximum Gasteiger partial charge on any atom is 0.242 e. The molecule has 2 N–H and O–H groups in total. The van der Waals surface area contributed by atoms with Crippen molar-refractivity contribution in [3.05, 3.63) is 35.7 Å². The van der Waals surface area contributed by atoms with Gasteiger partial charge >= 0.3 is 0 Å². The maximum atomic E-state index is 12.1. The zero-order valence-electron chi connectivity index (χ0n) is 15.8. The van der Waals surface area contributed by atoms with Gasteiger partial charge in [-0.05, 0) is 30.7 Å². The van der Waals surface area contributed by atoms with E-state index in [0.29, 0.717) is 37.0 Å². The summed E-state index contributed by atoms with van der Waals surface area (Å²) in [5, 5.41) is 9.60. The molecular formula is C20H26N4O3. The van der Waals surface area contributed by atoms with E-state index in [0.717, 1.165) is 18.4 Å². The van der Waals surface area contributed by atoms with Crippen molar-refractivity contribution in [2.75, 3.05) is 6.54 Å². The Morgan fingerprint density at radius 2 is 2.07 bits per heavy atom. The van der Waals surface area contributed by atoms with Crippen LogP contribution in [0.15, 0.2) is 28.8 Å². The minimum atomic E-state index is -0.447. The van der Waals surface area contributed by atoms with Gasteiger partial charge in [0.25, 0.3) is 0 Å². The first kappa shape index (κ1) is 19.1. The van der Waals surface area contributed by atoms with Crippen LogP contribution in [0.1, 0.15) is 56.9 Å². The number of aryl methyl sites for hydroxylation is 1. The number of carbonyl (C=O) groups excluding carboxylic acids is 2. The average Bonchev–Trinajstić information content (AvgIpc) is 3.05. The van der Waals surface area contributed by atoms with Crippen LogP contribution in [0.25, 0.3) is 11.4 Å². The van der Waals surface area contributed by atoms with Gasteiger partial charge in [-0.2, -0.15) is 4.98 Å². The Balaban J connectivity index is 1.53. The average molecular weight is 370 g/mol. The smallest absolute Gasteiger partial charge is 0.242 e. The Labute approximate surface area is 158 Å². The second-order valence-electron chi connectivity index (χ2n) is 7.20. The number of hydrogen-bond donors (Lipinski definition) is 2. The highest BCUT2D eigenvalue weighted by Crippen LogP contribution is 2.20. The molecule has 0 radical (unpaired) electrons. The van der Waals surface area contributed by atoms with Crippen molar-refractivity contribution in [1.82, 2.24) is 20.8 Å². The molecule has 27 heavy (non-hydrogen) atoms. The van der Waals surface area contributed by atoms with E-state index in [1.54, 1.807) is 0 Å². The van der Waals surface area contributed by atoms with E-state index < -0.39 is 6.04 Å². The lowest BCUT2D eigenvalue weighted by molar-refractivity contribution is -0.128. The molecular weight excluding hydrogens is 344 g/mol. The highest BCUT2D eigenvalue weighted by atomic mass is 16.5. The van der Waals surface area contributed by atoms with E-state index in [4.69, 9.17) is 4.52 Å². The Morgan fingerprint density at radius 3 is 2.81 bits per heavy atom. The SMILES string of the molecule is CC(C)c1ccc(-c2noc(CCC(=O)N[C@@H]3CCCCNC3=O)n2)cc1. The number of nitrogens with zero attached hydrogens (tertiary/aromatic N) is 2. The normalized spacial score (nSPS) is 17.4. The van der Waals surface area contributed by atoms with Gasteiger partial charge in [0.15, 0.2) is 0 Å². The highest BCUT2D eigenvalue weighted by Gasteiger charge is 2.22. The van der Waals surface area contributed by atoms with Crippen LogP contribution in [0.2, 0.25) is 0 Å². The molecule has 1 atom stereocenters. The fraction of sp³-hybridized carbons (Fsp3) is 0.500. The number of hydrogen-bond acceptors (Lipinski definition) is 5. The summed E-state index contributed by atoms with van der Waals surface area (Å²) in [7, 11) is 0. The minimum Gasteiger partial charge on any atom is -0.354 e. The number of amides is 2. The minimum absolute atomic E-state index is 0.106. The molecule has 7 nitrogen and oxygen atoms in total. The van der Waals surface area contributed by atoms with Gasteiger partial charge in [-0.1, -0.05) is 43.3 Å². The van der Waals surface area contributed by atoms with Gasteiger partial charge in [-0.15, -0.1) is 0 Å². The molecule has 1 aromatic carbocycles. The summed E-state index contributed by atoms with van der Waals surface area (Å²) in [5.41, 5.74) is 2.13. The van der Waals surface area contributed by atoms with E-state index in [-0.39, 0.29) is 18.2 Å². The second-order valence-corrected chi connectivity index (χ2v) is 7.20. The third kappa shape index (κ3) is 5.15. The van der Waals surface area contributed by atoms with Gasteiger partial charge in [-0.3, -0.25) is 9.59 Å². The number of benzene rings is 1. The summed E-state index contributed by atoms with van der Waals surface area (Å²) in [6.07, 6.45) is 3.09. The Morgan fingerprint density at radius 1 is 1.30 bits per heavy atom. The van der Waals surface area contributed by atoms with Gasteiger partial charge in [0.05, 0.1) is 0 Å². The van der Waals surface area contributed by atoms with Crippen molar-refractivity contribution in [2.24, 2.45) is 0 Å². The van der Waals surface area contributed by atoms with Crippen LogP contribution in [0.5, 0.6) is 0 Å². The van der Waals surface area contributed by atoms with Crippen LogP contribution in [0.4, 0.5) is 0 Å². The molecule has 0 bridgehead atoms. The largest absolute Gasteiger partial charge is 0.354 e. The first-order valence-electron chi connectivity index (χ1n) is 9.53. The van der Waals surface area contributed by atoms with Crippen molar-refractivity contribution in [1.29, 1.82) is 0 Å². The van der Waals surface area contributed by atoms with Gasteiger partial charge in [-0.25, -0.2) is 0 Å². The zero-order chi connectivity index (χ0) is 19.2. The molecule has 3 rings (SSSR count). The number of carbonyl (C=O) groups is 2. The quantitative estimate of drug-likeness (QED) is 0.814. The third-order valence-electron chi connectivity index (χ3n) is 4.74. The Kier molecular flexibility index (Phi) is 6.21. The Hall–Kier alpha value is -2.70. The number of aromatic nitrogens is 2. The molecule has 2 amide bonds. The zero-order valence-corrected chi connectivity index (χ0v) is 15.8. The van der Waals surface area contributed by atoms with E-state index in [9.17, 15) is 9.59 Å². The molecule has 1 aliphatic heterocycles. The van der Waals surface area contributed by atoms with Crippen LogP contribution in [-0.4, -0.2) is 34.5 Å². The summed E-state index contributed by atoms with van der Waals surface area (Å²) >= 11 is 0. The predicted octanol–water partition coefficient (Wildman–Crippen LogP) is 2.58. The van der Waals surface area contributed by atoms with Gasteiger partial charge in [0.2, 0.25) is 23.5 Å². The van der Waals surface area contributed by atoms with Crippen LogP contribution in [0.3, 0.4) is 0 Å². The fourth-order valence-corrected chi connectivity index (χ4v) is 3.05. The first-order valence-corrected chi connectivity index (χ1v) is 9.53. The summed E-state index contributed by atoms with van der Waals surface area (Å²) in [5.74, 6) is 1.11. The topological polar surface area (TPSA) is 97.1 Å². The molecule has 2 heterocycles. The highest BCUT2D eigenvalue weighted by molar-refractivity contribution is 5.87. The van der Waals surface area contributed by atoms with E-state index in [2.05, 4.69) is 46.8 Å². The summed E-state index contributed by atoms with van der Waals surface area (Å²) < 4.78 is 5.26. The van der Waals surface area contributed by atoms with Crippen LogP contribution >= 0.6 is 0 Å². The van der Waals surface area contributed by atoms with Crippen LogP contribution in [0, 0.1) is 0 Å². The molecule has 0 unspecified atom stereocenters. The lowest BCUT2D eigenvalue weighted by Gasteiger charge is -2.14. The molecule has 0 spiro atoms. The lowest BCUT2D eigenvalue weighted by atomic mass is 10.0. The lowest BCUT2D eigenvalue weighted by Crippen LogP contribution is -2.45. The molecule has 1 fully saturated rings. The molecule has 1 aromatic heterocycles. The van der Waals surface area contributed by atoms with E-state index >= 15 is 0 Å². The van der Waals surface area contributed by atoms with Crippen molar-refractivity contribution in [3.8, 4) is 11.4 Å².